The lowest BCUT2D eigenvalue weighted by Gasteiger charge is -2.13. The Labute approximate surface area is 147 Å². The van der Waals surface area contributed by atoms with Crippen LogP contribution in [-0.2, 0) is 16.0 Å². The molecule has 2 aromatic carbocycles. The molecule has 0 bridgehead atoms. The molecule has 1 unspecified atom stereocenters. The van der Waals surface area contributed by atoms with Crippen LogP contribution in [0, 0.1) is 11.8 Å². The lowest BCUT2D eigenvalue weighted by Crippen LogP contribution is -2.34. The molecule has 130 valence electrons. The van der Waals surface area contributed by atoms with Crippen molar-refractivity contribution in [3.63, 3.8) is 0 Å². The van der Waals surface area contributed by atoms with Gasteiger partial charge in [0.15, 0.2) is 0 Å². The molecule has 3 rings (SSSR count). The van der Waals surface area contributed by atoms with E-state index in [1.807, 2.05) is 48.5 Å². The fourth-order valence-corrected chi connectivity index (χ4v) is 3.27. The molecular formula is C21H23NO3. The van der Waals surface area contributed by atoms with Crippen molar-refractivity contribution in [3.05, 3.63) is 71.8 Å². The van der Waals surface area contributed by atoms with Gasteiger partial charge in [-0.3, -0.25) is 9.59 Å². The van der Waals surface area contributed by atoms with Crippen molar-refractivity contribution >= 4 is 11.9 Å². The molecule has 25 heavy (non-hydrogen) atoms. The van der Waals surface area contributed by atoms with Gasteiger partial charge in [-0.1, -0.05) is 60.7 Å². The van der Waals surface area contributed by atoms with Crippen LogP contribution in [-0.4, -0.2) is 23.5 Å². The second-order valence-electron chi connectivity index (χ2n) is 6.75. The van der Waals surface area contributed by atoms with Crippen molar-refractivity contribution in [1.82, 2.24) is 5.32 Å². The second-order valence-corrected chi connectivity index (χ2v) is 6.75. The van der Waals surface area contributed by atoms with Crippen LogP contribution in [0.4, 0.5) is 0 Å². The fourth-order valence-electron chi connectivity index (χ4n) is 3.27. The van der Waals surface area contributed by atoms with Crippen LogP contribution in [0.5, 0.6) is 0 Å². The average molecular weight is 337 g/mol. The molecule has 1 amide bonds. The number of rotatable bonds is 8. The summed E-state index contributed by atoms with van der Waals surface area (Å²) in [6.45, 7) is 0.172. The summed E-state index contributed by atoms with van der Waals surface area (Å²) in [4.78, 5) is 23.6. The third kappa shape index (κ3) is 4.92. The van der Waals surface area contributed by atoms with E-state index in [9.17, 15) is 14.7 Å². The number of aliphatic carboxylic acids is 1. The number of amides is 1. The molecule has 4 nitrogen and oxygen atoms in total. The van der Waals surface area contributed by atoms with Gasteiger partial charge in [0.1, 0.15) is 0 Å². The minimum absolute atomic E-state index is 0.0530. The maximum Gasteiger partial charge on any atom is 0.308 e. The smallest absolute Gasteiger partial charge is 0.308 e. The average Bonchev–Trinajstić information content (AvgIpc) is 3.39. The number of nitrogens with one attached hydrogen (secondary N) is 1. The molecule has 4 heteroatoms. The topological polar surface area (TPSA) is 66.4 Å². The number of carbonyl (C=O) groups is 2. The lowest BCUT2D eigenvalue weighted by atomic mass is 9.99. The summed E-state index contributed by atoms with van der Waals surface area (Å²) >= 11 is 0. The van der Waals surface area contributed by atoms with Gasteiger partial charge in [-0.05, 0) is 35.8 Å². The lowest BCUT2D eigenvalue weighted by molar-refractivity contribution is -0.141. The van der Waals surface area contributed by atoms with E-state index < -0.39 is 11.9 Å². The van der Waals surface area contributed by atoms with Crippen molar-refractivity contribution < 1.29 is 14.7 Å². The zero-order valence-electron chi connectivity index (χ0n) is 14.1. The van der Waals surface area contributed by atoms with Crippen LogP contribution in [0.25, 0.3) is 0 Å². The molecule has 0 spiro atoms. The summed E-state index contributed by atoms with van der Waals surface area (Å²) in [5.74, 6) is -0.692. The van der Waals surface area contributed by atoms with Crippen molar-refractivity contribution in [2.24, 2.45) is 11.8 Å². The highest BCUT2D eigenvalue weighted by atomic mass is 16.4. The predicted molar refractivity (Wildman–Crippen MR) is 96.2 cm³/mol. The highest BCUT2D eigenvalue weighted by molar-refractivity contribution is 5.78. The Hall–Kier alpha value is -2.62. The summed E-state index contributed by atoms with van der Waals surface area (Å²) in [5.41, 5.74) is 2.25. The first-order chi connectivity index (χ1) is 12.1. The minimum atomic E-state index is -0.877. The summed E-state index contributed by atoms with van der Waals surface area (Å²) < 4.78 is 0. The Bertz CT molecular complexity index is 714. The van der Waals surface area contributed by atoms with Crippen molar-refractivity contribution in [2.75, 3.05) is 6.54 Å². The number of hydrogen-bond donors (Lipinski definition) is 2. The highest BCUT2D eigenvalue weighted by Gasteiger charge is 2.39. The van der Waals surface area contributed by atoms with Crippen LogP contribution in [0.1, 0.15) is 29.9 Å². The number of hydrogen-bond acceptors (Lipinski definition) is 2. The number of carbonyl (C=O) groups excluding carboxylic acids is 1. The van der Waals surface area contributed by atoms with E-state index in [0.29, 0.717) is 24.7 Å². The van der Waals surface area contributed by atoms with Crippen molar-refractivity contribution in [3.8, 4) is 0 Å². The fraction of sp³-hybridized carbons (Fsp3) is 0.333. The quantitative estimate of drug-likeness (QED) is 0.777. The molecule has 0 heterocycles. The first-order valence-corrected chi connectivity index (χ1v) is 8.72. The SMILES string of the molecule is O=C(C[C@@H]1C[C@H]1c1ccccc1)NCC(Cc1ccccc1)C(=O)O. The Morgan fingerprint density at radius 2 is 1.68 bits per heavy atom. The van der Waals surface area contributed by atoms with E-state index >= 15 is 0 Å². The molecule has 1 aliphatic rings. The van der Waals surface area contributed by atoms with Gasteiger partial charge in [0.25, 0.3) is 0 Å². The third-order valence-electron chi connectivity index (χ3n) is 4.82. The van der Waals surface area contributed by atoms with E-state index in [-0.39, 0.29) is 12.5 Å². The van der Waals surface area contributed by atoms with E-state index in [4.69, 9.17) is 0 Å². The maximum absolute atomic E-state index is 12.1. The standard InChI is InChI=1S/C21H23NO3/c23-20(13-17-12-19(17)16-9-5-2-6-10-16)22-14-18(21(24)25)11-15-7-3-1-4-8-15/h1-10,17-19H,11-14H2,(H,22,23)(H,24,25)/t17-,18?,19-/m0/s1. The molecule has 2 aromatic rings. The number of carboxylic acids is 1. The zero-order chi connectivity index (χ0) is 17.6. The summed E-state index contributed by atoms with van der Waals surface area (Å²) in [6.07, 6.45) is 1.92. The number of benzene rings is 2. The predicted octanol–water partition coefficient (Wildman–Crippen LogP) is 3.24. The van der Waals surface area contributed by atoms with E-state index in [0.717, 1.165) is 12.0 Å². The third-order valence-corrected chi connectivity index (χ3v) is 4.82. The highest BCUT2D eigenvalue weighted by Crippen LogP contribution is 2.49. The Morgan fingerprint density at radius 1 is 1.04 bits per heavy atom. The van der Waals surface area contributed by atoms with Gasteiger partial charge in [0.05, 0.1) is 5.92 Å². The van der Waals surface area contributed by atoms with E-state index in [2.05, 4.69) is 17.4 Å². The molecule has 3 atom stereocenters. The van der Waals surface area contributed by atoms with Gasteiger partial charge >= 0.3 is 5.97 Å². The van der Waals surface area contributed by atoms with Gasteiger partial charge in [0, 0.05) is 13.0 Å². The molecular weight excluding hydrogens is 314 g/mol. The molecule has 0 aromatic heterocycles. The molecule has 1 saturated carbocycles. The normalized spacial score (nSPS) is 19.8. The second kappa shape index (κ2) is 7.97. The summed E-state index contributed by atoms with van der Waals surface area (Å²) in [6, 6.07) is 19.7. The van der Waals surface area contributed by atoms with Crippen LogP contribution in [0.3, 0.4) is 0 Å². The van der Waals surface area contributed by atoms with Gasteiger partial charge in [-0.2, -0.15) is 0 Å². The zero-order valence-corrected chi connectivity index (χ0v) is 14.1. The molecule has 2 N–H and O–H groups in total. The molecule has 0 aliphatic heterocycles. The molecule has 1 fully saturated rings. The van der Waals surface area contributed by atoms with Crippen LogP contribution in [0.2, 0.25) is 0 Å². The minimum Gasteiger partial charge on any atom is -0.481 e. The van der Waals surface area contributed by atoms with Crippen molar-refractivity contribution in [2.45, 2.75) is 25.2 Å². The van der Waals surface area contributed by atoms with Crippen LogP contribution in [0.15, 0.2) is 60.7 Å². The summed E-state index contributed by atoms with van der Waals surface area (Å²) in [7, 11) is 0. The largest absolute Gasteiger partial charge is 0.481 e. The Balaban J connectivity index is 1.45. The monoisotopic (exact) mass is 337 g/mol. The van der Waals surface area contributed by atoms with Gasteiger partial charge in [0.2, 0.25) is 5.91 Å². The van der Waals surface area contributed by atoms with Crippen molar-refractivity contribution in [1.29, 1.82) is 0 Å². The first kappa shape index (κ1) is 17.2. The molecule has 0 radical (unpaired) electrons. The first-order valence-electron chi connectivity index (χ1n) is 8.72. The summed E-state index contributed by atoms with van der Waals surface area (Å²) in [5, 5.41) is 12.2. The Kier molecular flexibility index (Phi) is 5.49. The van der Waals surface area contributed by atoms with Crippen LogP contribution < -0.4 is 5.32 Å². The van der Waals surface area contributed by atoms with Gasteiger partial charge < -0.3 is 10.4 Å². The molecule has 0 saturated heterocycles. The Morgan fingerprint density at radius 3 is 2.32 bits per heavy atom. The van der Waals surface area contributed by atoms with E-state index in [1.54, 1.807) is 0 Å². The molecule has 1 aliphatic carbocycles. The number of carboxylic acid groups (broad SMARTS) is 1. The van der Waals surface area contributed by atoms with E-state index in [1.165, 1.54) is 5.56 Å². The van der Waals surface area contributed by atoms with Gasteiger partial charge in [-0.15, -0.1) is 0 Å². The van der Waals surface area contributed by atoms with Gasteiger partial charge in [-0.25, -0.2) is 0 Å². The van der Waals surface area contributed by atoms with Crippen LogP contribution >= 0.6 is 0 Å². The maximum atomic E-state index is 12.1.